The minimum atomic E-state index is -0.894. The summed E-state index contributed by atoms with van der Waals surface area (Å²) in [5.74, 6) is -1.07. The second-order valence-electron chi connectivity index (χ2n) is 4.73. The van der Waals surface area contributed by atoms with E-state index in [9.17, 15) is 14.4 Å². The molecule has 0 radical (unpaired) electrons. The van der Waals surface area contributed by atoms with Crippen molar-refractivity contribution in [3.05, 3.63) is 24.5 Å². The molecule has 0 bridgehead atoms. The summed E-state index contributed by atoms with van der Waals surface area (Å²) in [6, 6.07) is 0. The highest BCUT2D eigenvalue weighted by Crippen LogP contribution is 2.25. The largest absolute Gasteiger partial charge is 0.487 e. The molecule has 0 aromatic heterocycles. The van der Waals surface area contributed by atoms with Crippen LogP contribution in [-0.4, -0.2) is 42.8 Å². The number of hydrogen-bond donors (Lipinski definition) is 0. The molecule has 7 heteroatoms. The van der Waals surface area contributed by atoms with Crippen LogP contribution in [-0.2, 0) is 33.3 Å². The number of carbonyl (C=O) groups excluding carboxylic acids is 3. The molecule has 1 aliphatic rings. The highest BCUT2D eigenvalue weighted by atomic mass is 16.6. The van der Waals surface area contributed by atoms with Crippen molar-refractivity contribution in [2.24, 2.45) is 0 Å². The van der Waals surface area contributed by atoms with E-state index in [2.05, 4.69) is 6.58 Å². The van der Waals surface area contributed by atoms with E-state index in [-0.39, 0.29) is 6.61 Å². The highest BCUT2D eigenvalue weighted by molar-refractivity contribution is 5.68. The molecule has 0 unspecified atom stereocenters. The molecule has 0 aromatic carbocycles. The molecule has 0 fully saturated rings. The number of allylic oxidation sites excluding steroid dienone is 1. The average Bonchev–Trinajstić information content (AvgIpc) is 2.38. The number of ether oxygens (including phenoxy) is 4. The van der Waals surface area contributed by atoms with Crippen molar-refractivity contribution in [2.75, 3.05) is 6.61 Å². The fraction of sp³-hybridized carbons (Fsp3) is 0.533. The Morgan fingerprint density at radius 1 is 1.18 bits per heavy atom. The maximum atomic E-state index is 11.3. The summed E-state index contributed by atoms with van der Waals surface area (Å²) >= 11 is 0. The maximum absolute atomic E-state index is 11.3. The molecule has 0 saturated heterocycles. The van der Waals surface area contributed by atoms with Crippen LogP contribution in [0.3, 0.4) is 0 Å². The average molecular weight is 312 g/mol. The smallest absolute Gasteiger partial charge is 0.303 e. The number of hydrogen-bond acceptors (Lipinski definition) is 7. The van der Waals surface area contributed by atoms with E-state index < -0.39 is 36.2 Å². The lowest BCUT2D eigenvalue weighted by Gasteiger charge is -2.35. The van der Waals surface area contributed by atoms with Crippen LogP contribution in [0.15, 0.2) is 24.5 Å². The third kappa shape index (κ3) is 5.59. The van der Waals surface area contributed by atoms with Gasteiger partial charge in [0.25, 0.3) is 0 Å². The molecule has 0 amide bonds. The zero-order valence-electron chi connectivity index (χ0n) is 12.9. The number of carbonyl (C=O) groups is 3. The molecule has 0 N–H and O–H groups in total. The van der Waals surface area contributed by atoms with Crippen LogP contribution in [0.25, 0.3) is 0 Å². The van der Waals surface area contributed by atoms with Gasteiger partial charge in [-0.3, -0.25) is 14.4 Å². The van der Waals surface area contributed by atoms with Gasteiger partial charge in [-0.05, 0) is 6.08 Å². The quantitative estimate of drug-likeness (QED) is 0.414. The van der Waals surface area contributed by atoms with E-state index in [4.69, 9.17) is 18.9 Å². The summed E-state index contributed by atoms with van der Waals surface area (Å²) in [7, 11) is 0. The second kappa shape index (κ2) is 8.21. The summed E-state index contributed by atoms with van der Waals surface area (Å²) < 4.78 is 20.9. The Kier molecular flexibility index (Phi) is 6.62. The molecule has 1 rings (SSSR count). The Bertz CT molecular complexity index is 480. The predicted molar refractivity (Wildman–Crippen MR) is 75.5 cm³/mol. The number of esters is 3. The van der Waals surface area contributed by atoms with Gasteiger partial charge < -0.3 is 18.9 Å². The van der Waals surface area contributed by atoms with Crippen LogP contribution in [0.2, 0.25) is 0 Å². The lowest BCUT2D eigenvalue weighted by molar-refractivity contribution is -0.181. The topological polar surface area (TPSA) is 88.1 Å². The van der Waals surface area contributed by atoms with Crippen molar-refractivity contribution < 1.29 is 33.3 Å². The van der Waals surface area contributed by atoms with Crippen molar-refractivity contribution in [1.29, 1.82) is 0 Å². The molecule has 1 aliphatic heterocycles. The van der Waals surface area contributed by atoms with Crippen LogP contribution >= 0.6 is 0 Å². The van der Waals surface area contributed by atoms with Crippen LogP contribution in [0.4, 0.5) is 0 Å². The first kappa shape index (κ1) is 17.7. The predicted octanol–water partition coefficient (Wildman–Crippen LogP) is 1.27. The Balaban J connectivity index is 3.01. The van der Waals surface area contributed by atoms with Gasteiger partial charge in [0.15, 0.2) is 18.3 Å². The third-order valence-electron chi connectivity index (χ3n) is 2.74. The summed E-state index contributed by atoms with van der Waals surface area (Å²) in [6.45, 7) is 7.23. The van der Waals surface area contributed by atoms with Crippen molar-refractivity contribution in [1.82, 2.24) is 0 Å². The lowest BCUT2D eigenvalue weighted by Crippen LogP contribution is -2.48. The van der Waals surface area contributed by atoms with Gasteiger partial charge >= 0.3 is 17.9 Å². The second-order valence-corrected chi connectivity index (χ2v) is 4.73. The minimum Gasteiger partial charge on any atom is -0.487 e. The van der Waals surface area contributed by atoms with Crippen molar-refractivity contribution in [3.63, 3.8) is 0 Å². The van der Waals surface area contributed by atoms with Crippen molar-refractivity contribution >= 4 is 17.9 Å². The van der Waals surface area contributed by atoms with Crippen LogP contribution in [0, 0.1) is 0 Å². The Labute approximate surface area is 128 Å². The van der Waals surface area contributed by atoms with Gasteiger partial charge in [0, 0.05) is 27.2 Å². The molecule has 122 valence electrons. The first-order chi connectivity index (χ1) is 10.3. The fourth-order valence-corrected chi connectivity index (χ4v) is 2.00. The van der Waals surface area contributed by atoms with Gasteiger partial charge in [-0.15, -0.1) is 6.58 Å². The fourth-order valence-electron chi connectivity index (χ4n) is 2.00. The number of rotatable bonds is 6. The molecule has 0 saturated carbocycles. The Morgan fingerprint density at radius 3 is 2.32 bits per heavy atom. The first-order valence-corrected chi connectivity index (χ1v) is 6.79. The summed E-state index contributed by atoms with van der Waals surface area (Å²) in [5.41, 5.74) is 0. The molecule has 1 heterocycles. The van der Waals surface area contributed by atoms with E-state index in [1.807, 2.05) is 0 Å². The standard InChI is InChI=1S/C15H20O7/c1-5-6-12-7-13(20-10(3)17)15(21-11(4)18)14(22-12)8-19-9(2)16/h5,7,13-15H,1,6,8H2,2-4H3/t13-,14-,15-/m1/s1. The molecule has 0 spiro atoms. The summed E-state index contributed by atoms with van der Waals surface area (Å²) in [4.78, 5) is 33.5. The zero-order valence-corrected chi connectivity index (χ0v) is 12.9. The van der Waals surface area contributed by atoms with Gasteiger partial charge in [0.1, 0.15) is 12.4 Å². The van der Waals surface area contributed by atoms with Crippen LogP contribution in [0.5, 0.6) is 0 Å². The SMILES string of the molecule is C=CCC1=C[C@@H](OC(C)=O)[C@@H](OC(C)=O)[C@@H](COC(C)=O)O1. The van der Waals surface area contributed by atoms with Gasteiger partial charge in [0.05, 0.1) is 0 Å². The summed E-state index contributed by atoms with van der Waals surface area (Å²) in [5, 5.41) is 0. The van der Waals surface area contributed by atoms with Crippen LogP contribution in [0.1, 0.15) is 27.2 Å². The molecular weight excluding hydrogens is 292 g/mol. The van der Waals surface area contributed by atoms with Crippen LogP contribution < -0.4 is 0 Å². The zero-order chi connectivity index (χ0) is 16.7. The van der Waals surface area contributed by atoms with Gasteiger partial charge in [-0.2, -0.15) is 0 Å². The first-order valence-electron chi connectivity index (χ1n) is 6.79. The Hall–Kier alpha value is -2.31. The van der Waals surface area contributed by atoms with Gasteiger partial charge in [-0.25, -0.2) is 0 Å². The molecular formula is C15H20O7. The summed E-state index contributed by atoms with van der Waals surface area (Å²) in [6.07, 6.45) is 1.10. The lowest BCUT2D eigenvalue weighted by atomic mass is 10.0. The van der Waals surface area contributed by atoms with Gasteiger partial charge in [-0.1, -0.05) is 6.08 Å². The van der Waals surface area contributed by atoms with Crippen molar-refractivity contribution in [3.8, 4) is 0 Å². The molecule has 3 atom stereocenters. The third-order valence-corrected chi connectivity index (χ3v) is 2.74. The molecule has 22 heavy (non-hydrogen) atoms. The monoisotopic (exact) mass is 312 g/mol. The van der Waals surface area contributed by atoms with Crippen molar-refractivity contribution in [2.45, 2.75) is 45.5 Å². The maximum Gasteiger partial charge on any atom is 0.303 e. The highest BCUT2D eigenvalue weighted by Gasteiger charge is 2.40. The molecule has 0 aliphatic carbocycles. The van der Waals surface area contributed by atoms with Gasteiger partial charge in [0.2, 0.25) is 0 Å². The van der Waals surface area contributed by atoms with E-state index in [0.29, 0.717) is 12.2 Å². The van der Waals surface area contributed by atoms with E-state index in [0.717, 1.165) is 0 Å². The van der Waals surface area contributed by atoms with E-state index >= 15 is 0 Å². The Morgan fingerprint density at radius 2 is 1.82 bits per heavy atom. The molecule has 7 nitrogen and oxygen atoms in total. The normalized spacial score (nSPS) is 23.6. The molecule has 0 aromatic rings. The van der Waals surface area contributed by atoms with E-state index in [1.165, 1.54) is 20.8 Å². The van der Waals surface area contributed by atoms with E-state index in [1.54, 1.807) is 12.2 Å². The minimum absolute atomic E-state index is 0.125.